The van der Waals surface area contributed by atoms with Gasteiger partial charge in [-0.2, -0.15) is 0 Å². The van der Waals surface area contributed by atoms with Crippen LogP contribution in [0.3, 0.4) is 0 Å². The minimum Gasteiger partial charge on any atom is -0.496 e. The van der Waals surface area contributed by atoms with Crippen LogP contribution in [-0.2, 0) is 17.9 Å². The van der Waals surface area contributed by atoms with E-state index in [0.717, 1.165) is 16.9 Å². The number of benzene rings is 2. The lowest BCUT2D eigenvalue weighted by Crippen LogP contribution is -2.38. The summed E-state index contributed by atoms with van der Waals surface area (Å²) in [4.78, 5) is 4.13. The summed E-state index contributed by atoms with van der Waals surface area (Å²) in [7, 11) is 3.34. The van der Waals surface area contributed by atoms with Gasteiger partial charge in [-0.25, -0.2) is 4.39 Å². The lowest BCUT2D eigenvalue weighted by Gasteiger charge is -2.13. The first kappa shape index (κ1) is 22.2. The number of nitrogens with one attached hydrogen (secondary N) is 2. The fraction of sp³-hybridized carbons (Fsp3) is 0.316. The van der Waals surface area contributed by atoms with Crippen molar-refractivity contribution in [3.05, 3.63) is 65.5 Å². The van der Waals surface area contributed by atoms with Gasteiger partial charge in [0.25, 0.3) is 0 Å². The van der Waals surface area contributed by atoms with Crippen molar-refractivity contribution < 1.29 is 13.9 Å². The molecule has 0 aliphatic heterocycles. The third kappa shape index (κ3) is 7.57. The lowest BCUT2D eigenvalue weighted by molar-refractivity contribution is 0.123. The topological polar surface area (TPSA) is 54.9 Å². The quantitative estimate of drug-likeness (QED) is 0.267. The van der Waals surface area contributed by atoms with Gasteiger partial charge in [0.1, 0.15) is 11.6 Å². The normalized spacial score (nSPS) is 10.8. The van der Waals surface area contributed by atoms with Gasteiger partial charge in [-0.3, -0.25) is 4.99 Å². The Hall–Kier alpha value is -1.87. The molecule has 0 radical (unpaired) electrons. The highest BCUT2D eigenvalue weighted by Gasteiger charge is 2.02. The van der Waals surface area contributed by atoms with Gasteiger partial charge in [-0.15, -0.1) is 24.0 Å². The maximum Gasteiger partial charge on any atom is 0.191 e. The van der Waals surface area contributed by atoms with E-state index in [4.69, 9.17) is 9.47 Å². The molecule has 142 valence electrons. The third-order valence-electron chi connectivity index (χ3n) is 3.56. The average Bonchev–Trinajstić information content (AvgIpc) is 2.64. The van der Waals surface area contributed by atoms with Crippen molar-refractivity contribution in [2.24, 2.45) is 4.99 Å². The van der Waals surface area contributed by atoms with Gasteiger partial charge in [0.15, 0.2) is 5.96 Å². The van der Waals surface area contributed by atoms with Crippen molar-refractivity contribution in [1.29, 1.82) is 0 Å². The van der Waals surface area contributed by atoms with Crippen molar-refractivity contribution in [3.8, 4) is 5.75 Å². The van der Waals surface area contributed by atoms with Gasteiger partial charge in [-0.1, -0.05) is 30.3 Å². The zero-order valence-electron chi connectivity index (χ0n) is 15.0. The molecule has 0 fully saturated rings. The highest BCUT2D eigenvalue weighted by molar-refractivity contribution is 14.0. The molecule has 2 aromatic rings. The van der Waals surface area contributed by atoms with E-state index >= 15 is 0 Å². The number of rotatable bonds is 8. The Morgan fingerprint density at radius 3 is 2.65 bits per heavy atom. The van der Waals surface area contributed by atoms with Gasteiger partial charge < -0.3 is 20.1 Å². The zero-order chi connectivity index (χ0) is 17.9. The predicted molar refractivity (Wildman–Crippen MR) is 113 cm³/mol. The summed E-state index contributed by atoms with van der Waals surface area (Å²) in [6.07, 6.45) is 0. The summed E-state index contributed by atoms with van der Waals surface area (Å²) in [5.41, 5.74) is 1.87. The van der Waals surface area contributed by atoms with Gasteiger partial charge in [0.2, 0.25) is 0 Å². The maximum atomic E-state index is 13.2. The molecule has 0 saturated heterocycles. The molecule has 0 unspecified atom stereocenters. The SMILES string of the molecule is CN=C(NCCOCc1ccccc1OC)NCc1cccc(F)c1.I. The van der Waals surface area contributed by atoms with Crippen LogP contribution < -0.4 is 15.4 Å². The number of guanidine groups is 1. The van der Waals surface area contributed by atoms with Crippen LogP contribution in [0.5, 0.6) is 5.75 Å². The smallest absolute Gasteiger partial charge is 0.191 e. The number of para-hydroxylation sites is 1. The summed E-state index contributed by atoms with van der Waals surface area (Å²) in [6.45, 7) is 2.12. The predicted octanol–water partition coefficient (Wildman–Crippen LogP) is 3.33. The molecule has 0 aliphatic rings. The molecular weight excluding hydrogens is 448 g/mol. The number of nitrogens with zero attached hydrogens (tertiary/aromatic N) is 1. The van der Waals surface area contributed by atoms with Gasteiger partial charge >= 0.3 is 0 Å². The van der Waals surface area contributed by atoms with Crippen LogP contribution in [0.4, 0.5) is 4.39 Å². The van der Waals surface area contributed by atoms with E-state index in [1.807, 2.05) is 30.3 Å². The molecule has 26 heavy (non-hydrogen) atoms. The number of hydrogen-bond acceptors (Lipinski definition) is 3. The fourth-order valence-electron chi connectivity index (χ4n) is 2.30. The molecular formula is C19H25FIN3O2. The van der Waals surface area contributed by atoms with Crippen LogP contribution in [0.2, 0.25) is 0 Å². The van der Waals surface area contributed by atoms with E-state index in [0.29, 0.717) is 32.3 Å². The van der Waals surface area contributed by atoms with Crippen molar-refractivity contribution in [2.75, 3.05) is 27.3 Å². The molecule has 0 atom stereocenters. The molecule has 2 N–H and O–H groups in total. The summed E-state index contributed by atoms with van der Waals surface area (Å²) in [6, 6.07) is 14.2. The first-order valence-corrected chi connectivity index (χ1v) is 8.11. The molecule has 5 nitrogen and oxygen atoms in total. The third-order valence-corrected chi connectivity index (χ3v) is 3.56. The summed E-state index contributed by atoms with van der Waals surface area (Å²) >= 11 is 0. The van der Waals surface area contributed by atoms with E-state index < -0.39 is 0 Å². The van der Waals surface area contributed by atoms with Crippen LogP contribution in [0.1, 0.15) is 11.1 Å². The van der Waals surface area contributed by atoms with Crippen LogP contribution in [0.15, 0.2) is 53.5 Å². The number of hydrogen-bond donors (Lipinski definition) is 2. The average molecular weight is 473 g/mol. The maximum absolute atomic E-state index is 13.2. The molecule has 0 saturated carbocycles. The first-order chi connectivity index (χ1) is 12.2. The van der Waals surface area contributed by atoms with E-state index in [2.05, 4.69) is 15.6 Å². The Labute approximate surface area is 171 Å². The molecule has 0 amide bonds. The molecule has 0 heterocycles. The van der Waals surface area contributed by atoms with Crippen molar-refractivity contribution >= 4 is 29.9 Å². The second-order valence-corrected chi connectivity index (χ2v) is 5.35. The number of halogens is 2. The first-order valence-electron chi connectivity index (χ1n) is 8.11. The molecule has 0 bridgehead atoms. The molecule has 0 aromatic heterocycles. The van der Waals surface area contributed by atoms with E-state index in [9.17, 15) is 4.39 Å². The van der Waals surface area contributed by atoms with Gasteiger partial charge in [-0.05, 0) is 23.8 Å². The number of aliphatic imine (C=N–C) groups is 1. The fourth-order valence-corrected chi connectivity index (χ4v) is 2.30. The van der Waals surface area contributed by atoms with Crippen molar-refractivity contribution in [1.82, 2.24) is 10.6 Å². The second-order valence-electron chi connectivity index (χ2n) is 5.35. The Balaban J connectivity index is 0.00000338. The van der Waals surface area contributed by atoms with Gasteiger partial charge in [0.05, 0.1) is 20.3 Å². The Morgan fingerprint density at radius 1 is 1.12 bits per heavy atom. The van der Waals surface area contributed by atoms with Crippen LogP contribution >= 0.6 is 24.0 Å². The molecule has 2 rings (SSSR count). The Kier molecular flexibility index (Phi) is 10.6. The Morgan fingerprint density at radius 2 is 1.92 bits per heavy atom. The summed E-state index contributed by atoms with van der Waals surface area (Å²) in [5.74, 6) is 1.22. The molecule has 7 heteroatoms. The minimum atomic E-state index is -0.244. The largest absolute Gasteiger partial charge is 0.496 e. The standard InChI is InChI=1S/C19H24FN3O2.HI/c1-21-19(23-13-15-6-5-8-17(20)12-15)22-10-11-25-14-16-7-3-4-9-18(16)24-2;/h3-9,12H,10-11,13-14H2,1-2H3,(H2,21,22,23);1H. The number of methoxy groups -OCH3 is 1. The molecule has 2 aromatic carbocycles. The van der Waals surface area contributed by atoms with E-state index in [1.165, 1.54) is 12.1 Å². The highest BCUT2D eigenvalue weighted by Crippen LogP contribution is 2.17. The Bertz CT molecular complexity index is 698. The molecule has 0 aliphatic carbocycles. The van der Waals surface area contributed by atoms with Crippen molar-refractivity contribution in [2.45, 2.75) is 13.2 Å². The van der Waals surface area contributed by atoms with Gasteiger partial charge in [0, 0.05) is 25.7 Å². The molecule has 0 spiro atoms. The summed E-state index contributed by atoms with van der Waals surface area (Å²) in [5, 5.41) is 6.29. The van der Waals surface area contributed by atoms with Crippen molar-refractivity contribution in [3.63, 3.8) is 0 Å². The zero-order valence-corrected chi connectivity index (χ0v) is 17.3. The monoisotopic (exact) mass is 473 g/mol. The number of ether oxygens (including phenoxy) is 2. The highest BCUT2D eigenvalue weighted by atomic mass is 127. The van der Waals surface area contributed by atoms with Crippen LogP contribution in [-0.4, -0.2) is 33.3 Å². The van der Waals surface area contributed by atoms with Crippen LogP contribution in [0.25, 0.3) is 0 Å². The van der Waals surface area contributed by atoms with E-state index in [1.54, 1.807) is 20.2 Å². The summed E-state index contributed by atoms with van der Waals surface area (Å²) < 4.78 is 24.1. The lowest BCUT2D eigenvalue weighted by atomic mass is 10.2. The second kappa shape index (κ2) is 12.5. The van der Waals surface area contributed by atoms with E-state index in [-0.39, 0.29) is 29.8 Å². The van der Waals surface area contributed by atoms with Crippen LogP contribution in [0, 0.1) is 5.82 Å². The minimum absolute atomic E-state index is 0.